The molecule has 0 aromatic carbocycles. The summed E-state index contributed by atoms with van der Waals surface area (Å²) < 4.78 is 6.50. The molecule has 0 aliphatic carbocycles. The zero-order chi connectivity index (χ0) is 14.5. The van der Waals surface area contributed by atoms with Crippen molar-refractivity contribution in [3.8, 4) is 5.75 Å². The molecule has 0 amide bonds. The molecule has 104 valence electrons. The second kappa shape index (κ2) is 5.73. The van der Waals surface area contributed by atoms with Crippen molar-refractivity contribution in [3.63, 3.8) is 0 Å². The van der Waals surface area contributed by atoms with Crippen LogP contribution in [0.1, 0.15) is 10.5 Å². The van der Waals surface area contributed by atoms with Crippen LogP contribution in [0.4, 0.5) is 5.82 Å². The summed E-state index contributed by atoms with van der Waals surface area (Å²) in [5.41, 5.74) is -0.183. The number of nitro groups is 1. The summed E-state index contributed by atoms with van der Waals surface area (Å²) >= 11 is 0. The second-order valence-corrected chi connectivity index (χ2v) is 3.60. The number of aromatic nitrogens is 4. The van der Waals surface area contributed by atoms with Crippen LogP contribution in [0.15, 0.2) is 24.5 Å². The van der Waals surface area contributed by atoms with Gasteiger partial charge in [-0.1, -0.05) is 5.21 Å². The van der Waals surface area contributed by atoms with Crippen LogP contribution in [0.3, 0.4) is 0 Å². The minimum atomic E-state index is -1.18. The van der Waals surface area contributed by atoms with Gasteiger partial charge in [-0.15, -0.1) is 5.10 Å². The van der Waals surface area contributed by atoms with Crippen LogP contribution in [0.25, 0.3) is 0 Å². The molecule has 10 heteroatoms. The Hall–Kier alpha value is -3.04. The van der Waals surface area contributed by atoms with Crippen molar-refractivity contribution in [2.75, 3.05) is 6.61 Å². The first kappa shape index (κ1) is 13.4. The molecular formula is C10H9N5O5. The third-order valence-corrected chi connectivity index (χ3v) is 2.26. The quantitative estimate of drug-likeness (QED) is 0.591. The fraction of sp³-hybridized carbons (Fsp3) is 0.200. The van der Waals surface area contributed by atoms with E-state index in [1.165, 1.54) is 29.2 Å². The average molecular weight is 279 g/mol. The molecule has 0 aliphatic heterocycles. The van der Waals surface area contributed by atoms with E-state index in [0.717, 1.165) is 0 Å². The summed E-state index contributed by atoms with van der Waals surface area (Å²) in [6.07, 6.45) is 2.53. The number of rotatable bonds is 6. The van der Waals surface area contributed by atoms with Gasteiger partial charge in [0, 0.05) is 0 Å². The SMILES string of the molecule is O=C(O)c1cn(CCOc2cccnc2[N+](=O)[O-])nn1. The fourth-order valence-electron chi connectivity index (χ4n) is 1.39. The number of hydrogen-bond acceptors (Lipinski definition) is 7. The Morgan fingerprint density at radius 2 is 2.35 bits per heavy atom. The van der Waals surface area contributed by atoms with Crippen molar-refractivity contribution in [1.29, 1.82) is 0 Å². The predicted octanol–water partition coefficient (Wildman–Crippen LogP) is 0.358. The lowest BCUT2D eigenvalue weighted by atomic mass is 10.4. The molecule has 0 saturated carbocycles. The Morgan fingerprint density at radius 3 is 3.00 bits per heavy atom. The summed E-state index contributed by atoms with van der Waals surface area (Å²) in [4.78, 5) is 24.3. The van der Waals surface area contributed by atoms with Gasteiger partial charge in [0.05, 0.1) is 12.7 Å². The first-order valence-electron chi connectivity index (χ1n) is 5.43. The summed E-state index contributed by atoms with van der Waals surface area (Å²) in [5, 5.41) is 26.4. The van der Waals surface area contributed by atoms with Crippen molar-refractivity contribution in [3.05, 3.63) is 40.3 Å². The topological polar surface area (TPSA) is 133 Å². The third-order valence-electron chi connectivity index (χ3n) is 2.26. The van der Waals surface area contributed by atoms with Crippen LogP contribution in [0, 0.1) is 10.1 Å². The molecule has 1 N–H and O–H groups in total. The minimum Gasteiger partial charge on any atom is -0.484 e. The van der Waals surface area contributed by atoms with E-state index >= 15 is 0 Å². The van der Waals surface area contributed by atoms with E-state index in [1.807, 2.05) is 0 Å². The molecule has 0 unspecified atom stereocenters. The lowest BCUT2D eigenvalue weighted by Gasteiger charge is -2.05. The Kier molecular flexibility index (Phi) is 3.84. The maximum atomic E-state index is 10.7. The van der Waals surface area contributed by atoms with E-state index < -0.39 is 10.9 Å². The van der Waals surface area contributed by atoms with Crippen molar-refractivity contribution in [1.82, 2.24) is 20.0 Å². The number of hydrogen-bond donors (Lipinski definition) is 1. The van der Waals surface area contributed by atoms with E-state index in [1.54, 1.807) is 0 Å². The standard InChI is InChI=1S/C10H9N5O5/c16-10(17)7-6-14(13-12-7)4-5-20-8-2-1-3-11-9(8)15(18)19/h1-3,6H,4-5H2,(H,16,17). The zero-order valence-electron chi connectivity index (χ0n) is 10.0. The number of carboxylic acids is 1. The maximum Gasteiger partial charge on any atom is 0.406 e. The molecule has 2 aromatic rings. The van der Waals surface area contributed by atoms with E-state index in [-0.39, 0.29) is 30.4 Å². The van der Waals surface area contributed by atoms with E-state index in [4.69, 9.17) is 9.84 Å². The summed E-state index contributed by atoms with van der Waals surface area (Å²) in [5.74, 6) is -1.52. The van der Waals surface area contributed by atoms with Gasteiger partial charge in [-0.25, -0.2) is 9.48 Å². The van der Waals surface area contributed by atoms with Gasteiger partial charge >= 0.3 is 11.8 Å². The van der Waals surface area contributed by atoms with Gasteiger partial charge in [-0.3, -0.25) is 0 Å². The normalized spacial score (nSPS) is 10.2. The first-order chi connectivity index (χ1) is 9.58. The van der Waals surface area contributed by atoms with Gasteiger partial charge in [0.1, 0.15) is 12.8 Å². The second-order valence-electron chi connectivity index (χ2n) is 3.60. The Bertz CT molecular complexity index is 640. The molecule has 10 nitrogen and oxygen atoms in total. The van der Waals surface area contributed by atoms with E-state index in [2.05, 4.69) is 15.3 Å². The van der Waals surface area contributed by atoms with Crippen LogP contribution in [-0.2, 0) is 6.54 Å². The fourth-order valence-corrected chi connectivity index (χ4v) is 1.39. The summed E-state index contributed by atoms with van der Waals surface area (Å²) in [6.45, 7) is 0.265. The zero-order valence-corrected chi connectivity index (χ0v) is 10.0. The van der Waals surface area contributed by atoms with Gasteiger partial charge < -0.3 is 20.0 Å². The van der Waals surface area contributed by atoms with Crippen LogP contribution in [0.2, 0.25) is 0 Å². The molecule has 0 atom stereocenters. The van der Waals surface area contributed by atoms with Crippen molar-refractivity contribution < 1.29 is 19.6 Å². The lowest BCUT2D eigenvalue weighted by molar-refractivity contribution is -0.390. The molecular weight excluding hydrogens is 270 g/mol. The van der Waals surface area contributed by atoms with Crippen LogP contribution < -0.4 is 4.74 Å². The smallest absolute Gasteiger partial charge is 0.406 e. The predicted molar refractivity (Wildman–Crippen MR) is 63.4 cm³/mol. The Morgan fingerprint density at radius 1 is 1.55 bits per heavy atom. The highest BCUT2D eigenvalue weighted by Gasteiger charge is 2.15. The molecule has 0 bridgehead atoms. The van der Waals surface area contributed by atoms with Gasteiger partial charge in [0.2, 0.25) is 5.75 Å². The largest absolute Gasteiger partial charge is 0.484 e. The highest BCUT2D eigenvalue weighted by molar-refractivity contribution is 5.84. The highest BCUT2D eigenvalue weighted by Crippen LogP contribution is 2.22. The number of ether oxygens (including phenoxy) is 1. The number of nitrogens with zero attached hydrogens (tertiary/aromatic N) is 5. The molecule has 0 aliphatic rings. The molecule has 2 heterocycles. The Labute approximate surface area is 111 Å². The van der Waals surface area contributed by atoms with Gasteiger partial charge in [0.25, 0.3) is 0 Å². The molecule has 2 rings (SSSR count). The molecule has 2 aromatic heterocycles. The lowest BCUT2D eigenvalue weighted by Crippen LogP contribution is -2.10. The third kappa shape index (κ3) is 3.04. The monoisotopic (exact) mass is 279 g/mol. The number of pyridine rings is 1. The van der Waals surface area contributed by atoms with E-state index in [0.29, 0.717) is 0 Å². The number of aromatic carboxylic acids is 1. The van der Waals surface area contributed by atoms with Crippen molar-refractivity contribution in [2.45, 2.75) is 6.54 Å². The van der Waals surface area contributed by atoms with Crippen LogP contribution in [0.5, 0.6) is 5.75 Å². The highest BCUT2D eigenvalue weighted by atomic mass is 16.6. The molecule has 0 radical (unpaired) electrons. The number of carbonyl (C=O) groups is 1. The Balaban J connectivity index is 1.96. The van der Waals surface area contributed by atoms with Crippen molar-refractivity contribution >= 4 is 11.8 Å². The molecule has 20 heavy (non-hydrogen) atoms. The number of carboxylic acid groups (broad SMARTS) is 1. The molecule has 0 spiro atoms. The van der Waals surface area contributed by atoms with Crippen LogP contribution >= 0.6 is 0 Å². The van der Waals surface area contributed by atoms with Crippen molar-refractivity contribution in [2.24, 2.45) is 0 Å². The molecule has 0 saturated heterocycles. The summed E-state index contributed by atoms with van der Waals surface area (Å²) in [7, 11) is 0. The first-order valence-corrected chi connectivity index (χ1v) is 5.43. The van der Waals surface area contributed by atoms with Crippen LogP contribution in [-0.4, -0.2) is 42.6 Å². The van der Waals surface area contributed by atoms with Gasteiger partial charge in [-0.05, 0) is 22.0 Å². The van der Waals surface area contributed by atoms with Gasteiger partial charge in [-0.2, -0.15) is 0 Å². The average Bonchev–Trinajstić information content (AvgIpc) is 2.88. The summed E-state index contributed by atoms with van der Waals surface area (Å²) in [6, 6.07) is 2.94. The molecule has 0 fully saturated rings. The van der Waals surface area contributed by atoms with E-state index in [9.17, 15) is 14.9 Å². The maximum absolute atomic E-state index is 10.7. The van der Waals surface area contributed by atoms with Gasteiger partial charge in [0.15, 0.2) is 5.69 Å². The minimum absolute atomic E-state index is 0.0380.